The van der Waals surface area contributed by atoms with Gasteiger partial charge in [0.1, 0.15) is 0 Å². The number of nitrogens with two attached hydrogens (primary N) is 1. The van der Waals surface area contributed by atoms with Crippen LogP contribution in [0.5, 0.6) is 0 Å². The Kier molecular flexibility index (Phi) is 8.47. The molecule has 1 rings (SSSR count). The zero-order valence-corrected chi connectivity index (χ0v) is 13.0. The Balaban J connectivity index is 2.13. The molecule has 5 nitrogen and oxygen atoms in total. The molecule has 0 saturated carbocycles. The van der Waals surface area contributed by atoms with Crippen LogP contribution in [0.15, 0.2) is 18.2 Å². The SMILES string of the molecule is CCCCOCCOCCC(=O)Nc1cccc(N)c1C. The Morgan fingerprint density at radius 2 is 1.90 bits per heavy atom. The van der Waals surface area contributed by atoms with Gasteiger partial charge in [0.25, 0.3) is 0 Å². The molecule has 0 radical (unpaired) electrons. The van der Waals surface area contributed by atoms with Gasteiger partial charge in [-0.25, -0.2) is 0 Å². The van der Waals surface area contributed by atoms with Gasteiger partial charge < -0.3 is 20.5 Å². The molecule has 0 unspecified atom stereocenters. The zero-order chi connectivity index (χ0) is 15.5. The number of benzene rings is 1. The molecule has 118 valence electrons. The first-order valence-electron chi connectivity index (χ1n) is 7.45. The van der Waals surface area contributed by atoms with Crippen molar-refractivity contribution in [1.82, 2.24) is 0 Å². The topological polar surface area (TPSA) is 73.6 Å². The molecule has 0 aliphatic heterocycles. The highest BCUT2D eigenvalue weighted by molar-refractivity contribution is 5.92. The summed E-state index contributed by atoms with van der Waals surface area (Å²) in [6.07, 6.45) is 2.52. The van der Waals surface area contributed by atoms with Crippen molar-refractivity contribution in [2.45, 2.75) is 33.1 Å². The summed E-state index contributed by atoms with van der Waals surface area (Å²) in [7, 11) is 0. The molecule has 0 atom stereocenters. The summed E-state index contributed by atoms with van der Waals surface area (Å²) in [5.74, 6) is -0.0735. The third-order valence-corrected chi connectivity index (χ3v) is 3.14. The van der Waals surface area contributed by atoms with Crippen LogP contribution in [0, 0.1) is 6.92 Å². The molecular weight excluding hydrogens is 268 g/mol. The minimum atomic E-state index is -0.0735. The van der Waals surface area contributed by atoms with Crippen LogP contribution < -0.4 is 11.1 Å². The van der Waals surface area contributed by atoms with Crippen LogP contribution in [-0.2, 0) is 14.3 Å². The van der Waals surface area contributed by atoms with Gasteiger partial charge in [0.05, 0.1) is 26.2 Å². The highest BCUT2D eigenvalue weighted by atomic mass is 16.5. The van der Waals surface area contributed by atoms with Crippen molar-refractivity contribution >= 4 is 17.3 Å². The minimum absolute atomic E-state index is 0.0735. The molecule has 0 aliphatic rings. The first-order chi connectivity index (χ1) is 10.1. The Morgan fingerprint density at radius 3 is 2.62 bits per heavy atom. The van der Waals surface area contributed by atoms with Gasteiger partial charge >= 0.3 is 0 Å². The number of rotatable bonds is 10. The average Bonchev–Trinajstić information content (AvgIpc) is 2.47. The fourth-order valence-electron chi connectivity index (χ4n) is 1.73. The summed E-state index contributed by atoms with van der Waals surface area (Å²) in [6.45, 7) is 6.28. The van der Waals surface area contributed by atoms with E-state index in [-0.39, 0.29) is 5.91 Å². The van der Waals surface area contributed by atoms with E-state index in [4.69, 9.17) is 15.2 Å². The van der Waals surface area contributed by atoms with Gasteiger partial charge in [-0.2, -0.15) is 0 Å². The molecule has 1 amide bonds. The first kappa shape index (κ1) is 17.5. The number of anilines is 2. The Morgan fingerprint density at radius 1 is 1.19 bits per heavy atom. The molecule has 0 spiro atoms. The van der Waals surface area contributed by atoms with E-state index in [1.54, 1.807) is 0 Å². The number of nitrogen functional groups attached to an aromatic ring is 1. The lowest BCUT2D eigenvalue weighted by atomic mass is 10.1. The smallest absolute Gasteiger partial charge is 0.226 e. The second-order valence-corrected chi connectivity index (χ2v) is 4.90. The number of carbonyl (C=O) groups excluding carboxylic acids is 1. The van der Waals surface area contributed by atoms with E-state index in [1.807, 2.05) is 25.1 Å². The minimum Gasteiger partial charge on any atom is -0.398 e. The summed E-state index contributed by atoms with van der Waals surface area (Å²) in [4.78, 5) is 11.8. The molecule has 1 aromatic carbocycles. The zero-order valence-electron chi connectivity index (χ0n) is 13.0. The average molecular weight is 294 g/mol. The third kappa shape index (κ3) is 7.11. The van der Waals surface area contributed by atoms with E-state index in [2.05, 4.69) is 12.2 Å². The predicted octanol–water partition coefficient (Wildman–Crippen LogP) is 2.74. The van der Waals surface area contributed by atoms with E-state index in [0.717, 1.165) is 30.7 Å². The van der Waals surface area contributed by atoms with Crippen LogP contribution in [0.1, 0.15) is 31.7 Å². The van der Waals surface area contributed by atoms with E-state index in [9.17, 15) is 4.79 Å². The molecule has 5 heteroatoms. The lowest BCUT2D eigenvalue weighted by Crippen LogP contribution is -2.16. The lowest BCUT2D eigenvalue weighted by molar-refractivity contribution is -0.117. The summed E-state index contributed by atoms with van der Waals surface area (Å²) >= 11 is 0. The Hall–Kier alpha value is -1.59. The maximum absolute atomic E-state index is 11.8. The van der Waals surface area contributed by atoms with Gasteiger partial charge in [-0.05, 0) is 31.0 Å². The number of hydrogen-bond acceptors (Lipinski definition) is 4. The maximum atomic E-state index is 11.8. The van der Waals surface area contributed by atoms with Gasteiger partial charge in [0, 0.05) is 18.0 Å². The number of ether oxygens (including phenoxy) is 2. The lowest BCUT2D eigenvalue weighted by Gasteiger charge is -2.10. The van der Waals surface area contributed by atoms with Crippen LogP contribution in [0.25, 0.3) is 0 Å². The molecule has 21 heavy (non-hydrogen) atoms. The van der Waals surface area contributed by atoms with Crippen molar-refractivity contribution in [3.8, 4) is 0 Å². The van der Waals surface area contributed by atoms with E-state index >= 15 is 0 Å². The molecule has 0 fully saturated rings. The van der Waals surface area contributed by atoms with E-state index < -0.39 is 0 Å². The summed E-state index contributed by atoms with van der Waals surface area (Å²) in [5.41, 5.74) is 8.11. The van der Waals surface area contributed by atoms with Crippen LogP contribution in [0.3, 0.4) is 0 Å². The molecule has 0 bridgehead atoms. The van der Waals surface area contributed by atoms with Crippen molar-refractivity contribution in [2.24, 2.45) is 0 Å². The number of unbranched alkanes of at least 4 members (excludes halogenated alkanes) is 1. The van der Waals surface area contributed by atoms with Crippen LogP contribution in [-0.4, -0.2) is 32.3 Å². The molecular formula is C16H26N2O3. The number of nitrogens with one attached hydrogen (secondary N) is 1. The highest BCUT2D eigenvalue weighted by Gasteiger charge is 2.06. The molecule has 1 aromatic rings. The second-order valence-electron chi connectivity index (χ2n) is 4.90. The molecule has 3 N–H and O–H groups in total. The first-order valence-corrected chi connectivity index (χ1v) is 7.45. The number of hydrogen-bond donors (Lipinski definition) is 2. The Labute approximate surface area is 126 Å². The quantitative estimate of drug-likeness (QED) is 0.514. The van der Waals surface area contributed by atoms with Crippen molar-refractivity contribution in [3.05, 3.63) is 23.8 Å². The van der Waals surface area contributed by atoms with Crippen molar-refractivity contribution in [1.29, 1.82) is 0 Å². The van der Waals surface area contributed by atoms with Crippen LogP contribution in [0.4, 0.5) is 11.4 Å². The number of amides is 1. The summed E-state index contributed by atoms with van der Waals surface area (Å²) in [5, 5.41) is 2.84. The van der Waals surface area contributed by atoms with Gasteiger partial charge in [0.2, 0.25) is 5.91 Å². The monoisotopic (exact) mass is 294 g/mol. The predicted molar refractivity (Wildman–Crippen MR) is 85.4 cm³/mol. The van der Waals surface area contributed by atoms with Gasteiger partial charge in [-0.3, -0.25) is 4.79 Å². The maximum Gasteiger partial charge on any atom is 0.226 e. The highest BCUT2D eigenvalue weighted by Crippen LogP contribution is 2.20. The standard InChI is InChI=1S/C16H26N2O3/c1-3-4-9-20-11-12-21-10-8-16(19)18-15-7-5-6-14(17)13(15)2/h5-7H,3-4,8-12,17H2,1-2H3,(H,18,19). The van der Waals surface area contributed by atoms with Crippen LogP contribution in [0.2, 0.25) is 0 Å². The normalized spacial score (nSPS) is 10.6. The van der Waals surface area contributed by atoms with Crippen molar-refractivity contribution in [3.63, 3.8) is 0 Å². The van der Waals surface area contributed by atoms with Gasteiger partial charge in [-0.1, -0.05) is 19.4 Å². The number of carbonyl (C=O) groups is 1. The Bertz CT molecular complexity index is 436. The fourth-order valence-corrected chi connectivity index (χ4v) is 1.73. The summed E-state index contributed by atoms with van der Waals surface area (Å²) < 4.78 is 10.7. The largest absolute Gasteiger partial charge is 0.398 e. The second kappa shape index (κ2) is 10.2. The molecule has 0 saturated heterocycles. The van der Waals surface area contributed by atoms with E-state index in [1.165, 1.54) is 0 Å². The fraction of sp³-hybridized carbons (Fsp3) is 0.562. The summed E-state index contributed by atoms with van der Waals surface area (Å²) in [6, 6.07) is 5.47. The molecule has 0 aliphatic carbocycles. The van der Waals surface area contributed by atoms with E-state index in [0.29, 0.717) is 31.9 Å². The van der Waals surface area contributed by atoms with Crippen LogP contribution >= 0.6 is 0 Å². The molecule has 0 heterocycles. The molecule has 0 aromatic heterocycles. The van der Waals surface area contributed by atoms with Gasteiger partial charge in [-0.15, -0.1) is 0 Å². The van der Waals surface area contributed by atoms with Crippen molar-refractivity contribution < 1.29 is 14.3 Å². The third-order valence-electron chi connectivity index (χ3n) is 3.14. The van der Waals surface area contributed by atoms with Gasteiger partial charge in [0.15, 0.2) is 0 Å². The van der Waals surface area contributed by atoms with Crippen molar-refractivity contribution in [2.75, 3.05) is 37.5 Å².